The lowest BCUT2D eigenvalue weighted by atomic mass is 9.94. The van der Waals surface area contributed by atoms with Crippen molar-refractivity contribution in [1.29, 1.82) is 0 Å². The van der Waals surface area contributed by atoms with Crippen molar-refractivity contribution in [3.8, 4) is 0 Å². The number of nitrogens with one attached hydrogen (secondary N) is 1. The smallest absolute Gasteiger partial charge is 0.399 e. The number of hydrogen-bond donors (Lipinski definition) is 3. The fourth-order valence-corrected chi connectivity index (χ4v) is 1.83. The van der Waals surface area contributed by atoms with Crippen LogP contribution < -0.4 is 11.1 Å². The number of benzene rings is 1. The molecule has 0 aromatic heterocycles. The van der Waals surface area contributed by atoms with Crippen molar-refractivity contribution in [3.05, 3.63) is 23.8 Å². The van der Waals surface area contributed by atoms with Gasteiger partial charge in [-0.25, -0.2) is 0 Å². The Balaban J connectivity index is 2.32. The van der Waals surface area contributed by atoms with Crippen LogP contribution in [0.15, 0.2) is 18.2 Å². The quantitative estimate of drug-likeness (QED) is 0.594. The van der Waals surface area contributed by atoms with E-state index in [0.717, 1.165) is 0 Å². The summed E-state index contributed by atoms with van der Waals surface area (Å²) in [6, 6.07) is 2.67. The van der Waals surface area contributed by atoms with Crippen LogP contribution >= 0.6 is 0 Å². The Labute approximate surface area is 90.1 Å². The van der Waals surface area contributed by atoms with Crippen LogP contribution in [0, 0.1) is 0 Å². The van der Waals surface area contributed by atoms with Crippen LogP contribution in [0.3, 0.4) is 0 Å². The van der Waals surface area contributed by atoms with Crippen LogP contribution in [-0.4, -0.2) is 23.4 Å². The molecule has 1 aromatic rings. The third-order valence-corrected chi connectivity index (χ3v) is 2.61. The van der Waals surface area contributed by atoms with Gasteiger partial charge in [-0.05, 0) is 23.8 Å². The van der Waals surface area contributed by atoms with Gasteiger partial charge in [-0.15, -0.1) is 0 Å². The van der Waals surface area contributed by atoms with Crippen LogP contribution in [0.2, 0.25) is 0 Å². The van der Waals surface area contributed by atoms with E-state index in [4.69, 9.17) is 5.73 Å². The highest BCUT2D eigenvalue weighted by Crippen LogP contribution is 2.33. The molecule has 1 aliphatic rings. The second kappa shape index (κ2) is 3.55. The highest BCUT2D eigenvalue weighted by atomic mass is 19.4. The summed E-state index contributed by atoms with van der Waals surface area (Å²) in [6.07, 6.45) is -5.98. The van der Waals surface area contributed by atoms with Crippen molar-refractivity contribution in [2.75, 3.05) is 11.1 Å². The summed E-state index contributed by atoms with van der Waals surface area (Å²) in [5.74, 6) is 0. The molecule has 0 fully saturated rings. The van der Waals surface area contributed by atoms with E-state index >= 15 is 0 Å². The number of fused-ring (bicyclic) bond motifs is 1. The maximum Gasteiger partial charge on any atom is 0.411 e. The van der Waals surface area contributed by atoms with Gasteiger partial charge in [0.15, 0.2) is 0 Å². The maximum absolute atomic E-state index is 12.5. The van der Waals surface area contributed by atoms with Crippen molar-refractivity contribution >= 4 is 11.4 Å². The summed E-state index contributed by atoms with van der Waals surface area (Å²) in [7, 11) is 0. The minimum Gasteiger partial charge on any atom is -0.399 e. The zero-order chi connectivity index (χ0) is 11.9. The molecule has 0 aliphatic carbocycles. The van der Waals surface area contributed by atoms with Gasteiger partial charge >= 0.3 is 6.18 Å². The number of nitrogen functional groups attached to an aromatic ring is 1. The van der Waals surface area contributed by atoms with E-state index in [1.807, 2.05) is 0 Å². The number of alkyl halides is 3. The van der Waals surface area contributed by atoms with Gasteiger partial charge in [0.05, 0.1) is 6.10 Å². The molecule has 1 aliphatic heterocycles. The largest absolute Gasteiger partial charge is 0.411 e. The second-order valence-electron chi connectivity index (χ2n) is 3.85. The number of nitrogens with two attached hydrogens (primary N) is 1. The van der Waals surface area contributed by atoms with Gasteiger partial charge in [0, 0.05) is 17.8 Å². The molecule has 0 radical (unpaired) electrons. The Bertz CT molecular complexity index is 406. The first-order valence-corrected chi connectivity index (χ1v) is 4.77. The Morgan fingerprint density at radius 3 is 2.69 bits per heavy atom. The third-order valence-electron chi connectivity index (χ3n) is 2.61. The SMILES string of the molecule is Nc1ccc2c(c1)CC(O)C(C(F)(F)F)N2. The topological polar surface area (TPSA) is 58.3 Å². The van der Waals surface area contributed by atoms with Crippen LogP contribution in [0.25, 0.3) is 0 Å². The van der Waals surface area contributed by atoms with Gasteiger partial charge < -0.3 is 16.2 Å². The first-order chi connectivity index (χ1) is 7.38. The monoisotopic (exact) mass is 232 g/mol. The molecule has 0 amide bonds. The molecular weight excluding hydrogens is 221 g/mol. The van der Waals surface area contributed by atoms with Crippen molar-refractivity contribution < 1.29 is 18.3 Å². The lowest BCUT2D eigenvalue weighted by Gasteiger charge is -2.32. The molecule has 4 N–H and O–H groups in total. The van der Waals surface area contributed by atoms with Gasteiger partial charge in [0.1, 0.15) is 6.04 Å². The molecule has 16 heavy (non-hydrogen) atoms. The molecule has 6 heteroatoms. The number of rotatable bonds is 0. The average molecular weight is 232 g/mol. The number of aliphatic hydroxyl groups is 1. The summed E-state index contributed by atoms with van der Waals surface area (Å²) in [5, 5.41) is 11.7. The van der Waals surface area contributed by atoms with E-state index in [2.05, 4.69) is 5.32 Å². The van der Waals surface area contributed by atoms with Crippen LogP contribution in [-0.2, 0) is 6.42 Å². The van der Waals surface area contributed by atoms with Crippen LogP contribution in [0.4, 0.5) is 24.5 Å². The lowest BCUT2D eigenvalue weighted by Crippen LogP contribution is -2.49. The van der Waals surface area contributed by atoms with E-state index in [0.29, 0.717) is 16.9 Å². The van der Waals surface area contributed by atoms with Gasteiger partial charge in [-0.2, -0.15) is 13.2 Å². The molecule has 2 atom stereocenters. The van der Waals surface area contributed by atoms with E-state index in [1.165, 1.54) is 12.1 Å². The molecule has 2 rings (SSSR count). The second-order valence-corrected chi connectivity index (χ2v) is 3.85. The van der Waals surface area contributed by atoms with E-state index in [-0.39, 0.29) is 6.42 Å². The molecule has 0 bridgehead atoms. The average Bonchev–Trinajstić information content (AvgIpc) is 2.14. The molecule has 3 nitrogen and oxygen atoms in total. The normalized spacial score (nSPS) is 24.8. The zero-order valence-corrected chi connectivity index (χ0v) is 8.25. The molecule has 1 aromatic carbocycles. The standard InChI is InChI=1S/C10H11F3N2O/c11-10(12,13)9-8(16)4-5-3-6(14)1-2-7(5)15-9/h1-3,8-9,15-16H,4,14H2. The minimum absolute atomic E-state index is 0.0441. The molecule has 88 valence electrons. The van der Waals surface area contributed by atoms with Gasteiger partial charge in [0.2, 0.25) is 0 Å². The molecule has 1 heterocycles. The molecule has 2 unspecified atom stereocenters. The molecule has 0 saturated heterocycles. The fraction of sp³-hybridized carbons (Fsp3) is 0.400. The highest BCUT2D eigenvalue weighted by Gasteiger charge is 2.46. The molecular formula is C10H11F3N2O. The fourth-order valence-electron chi connectivity index (χ4n) is 1.83. The Morgan fingerprint density at radius 1 is 1.38 bits per heavy atom. The molecule has 0 saturated carbocycles. The van der Waals surface area contributed by atoms with E-state index in [9.17, 15) is 18.3 Å². The van der Waals surface area contributed by atoms with Crippen LogP contribution in [0.1, 0.15) is 5.56 Å². The summed E-state index contributed by atoms with van der Waals surface area (Å²) in [4.78, 5) is 0. The van der Waals surface area contributed by atoms with Gasteiger partial charge in [0.25, 0.3) is 0 Å². The summed E-state index contributed by atoms with van der Waals surface area (Å²) in [5.41, 5.74) is 6.97. The lowest BCUT2D eigenvalue weighted by molar-refractivity contribution is -0.163. The van der Waals surface area contributed by atoms with Gasteiger partial charge in [-0.3, -0.25) is 0 Å². The number of aliphatic hydroxyl groups excluding tert-OH is 1. The Hall–Kier alpha value is -1.43. The first-order valence-electron chi connectivity index (χ1n) is 4.77. The predicted molar refractivity (Wildman–Crippen MR) is 54.0 cm³/mol. The van der Waals surface area contributed by atoms with Gasteiger partial charge in [-0.1, -0.05) is 0 Å². The first kappa shape index (κ1) is 11.1. The Kier molecular flexibility index (Phi) is 2.46. The molecule has 0 spiro atoms. The summed E-state index contributed by atoms with van der Waals surface area (Å²) < 4.78 is 37.6. The van der Waals surface area contributed by atoms with E-state index < -0.39 is 18.3 Å². The number of anilines is 2. The summed E-state index contributed by atoms with van der Waals surface area (Å²) >= 11 is 0. The van der Waals surface area contributed by atoms with Crippen LogP contribution in [0.5, 0.6) is 0 Å². The zero-order valence-electron chi connectivity index (χ0n) is 8.25. The minimum atomic E-state index is -4.46. The predicted octanol–water partition coefficient (Wildman–Crippen LogP) is 1.53. The van der Waals surface area contributed by atoms with Crippen molar-refractivity contribution in [2.24, 2.45) is 0 Å². The van der Waals surface area contributed by atoms with E-state index in [1.54, 1.807) is 6.07 Å². The summed E-state index contributed by atoms with van der Waals surface area (Å²) in [6.45, 7) is 0. The van der Waals surface area contributed by atoms with Crippen molar-refractivity contribution in [3.63, 3.8) is 0 Å². The third kappa shape index (κ3) is 1.92. The van der Waals surface area contributed by atoms with Crippen molar-refractivity contribution in [2.45, 2.75) is 24.7 Å². The highest BCUT2D eigenvalue weighted by molar-refractivity contribution is 5.60. The van der Waals surface area contributed by atoms with Crippen molar-refractivity contribution in [1.82, 2.24) is 0 Å². The maximum atomic E-state index is 12.5. The number of hydrogen-bond acceptors (Lipinski definition) is 3. The number of halogens is 3. The Morgan fingerprint density at radius 2 is 2.06 bits per heavy atom.